The van der Waals surface area contributed by atoms with Crippen molar-refractivity contribution < 1.29 is 5.11 Å². The molecule has 15 heavy (non-hydrogen) atoms. The van der Waals surface area contributed by atoms with Crippen molar-refractivity contribution in [3.05, 3.63) is 36.0 Å². The number of nitrogens with one attached hydrogen (secondary N) is 1. The zero-order chi connectivity index (χ0) is 10.5. The molecule has 1 unspecified atom stereocenters. The van der Waals surface area contributed by atoms with E-state index in [0.717, 1.165) is 12.8 Å². The van der Waals surface area contributed by atoms with Crippen molar-refractivity contribution >= 4 is 10.9 Å². The van der Waals surface area contributed by atoms with Gasteiger partial charge in [-0.2, -0.15) is 0 Å². The molecule has 2 nitrogen and oxygen atoms in total. The van der Waals surface area contributed by atoms with Crippen molar-refractivity contribution in [3.63, 3.8) is 0 Å². The lowest BCUT2D eigenvalue weighted by atomic mass is 9.88. The number of rotatable bonds is 2. The minimum Gasteiger partial charge on any atom is -0.392 e. The highest BCUT2D eigenvalue weighted by atomic mass is 16.3. The van der Waals surface area contributed by atoms with Gasteiger partial charge in [0.1, 0.15) is 0 Å². The Morgan fingerprint density at radius 1 is 1.33 bits per heavy atom. The lowest BCUT2D eigenvalue weighted by molar-refractivity contribution is 0.151. The molecule has 1 aromatic heterocycles. The monoisotopic (exact) mass is 201 g/mol. The van der Waals surface area contributed by atoms with Gasteiger partial charge in [0.05, 0.1) is 6.10 Å². The second-order valence-electron chi connectivity index (χ2n) is 4.58. The molecular formula is C13H15NO. The number of aromatic nitrogens is 1. The molecule has 2 heteroatoms. The quantitative estimate of drug-likeness (QED) is 0.769. The van der Waals surface area contributed by atoms with Crippen LogP contribution in [-0.4, -0.2) is 16.2 Å². The molecule has 1 aliphatic carbocycles. The molecule has 3 rings (SSSR count). The van der Waals surface area contributed by atoms with Gasteiger partial charge in [0.2, 0.25) is 0 Å². The van der Waals surface area contributed by atoms with E-state index in [1.165, 1.54) is 16.5 Å². The average Bonchev–Trinajstić information content (AvgIpc) is 2.89. The molecule has 1 aromatic carbocycles. The summed E-state index contributed by atoms with van der Waals surface area (Å²) < 4.78 is 0. The van der Waals surface area contributed by atoms with Crippen LogP contribution in [0.4, 0.5) is 0 Å². The Morgan fingerprint density at radius 2 is 2.13 bits per heavy atom. The van der Waals surface area contributed by atoms with Crippen LogP contribution >= 0.6 is 0 Å². The number of aliphatic hydroxyl groups is 1. The van der Waals surface area contributed by atoms with E-state index >= 15 is 0 Å². The topological polar surface area (TPSA) is 36.0 Å². The second kappa shape index (κ2) is 2.86. The van der Waals surface area contributed by atoms with Crippen LogP contribution in [0.15, 0.2) is 30.5 Å². The molecule has 0 saturated heterocycles. The van der Waals surface area contributed by atoms with E-state index in [2.05, 4.69) is 29.2 Å². The molecule has 0 amide bonds. The van der Waals surface area contributed by atoms with Gasteiger partial charge in [-0.1, -0.05) is 12.1 Å². The summed E-state index contributed by atoms with van der Waals surface area (Å²) in [7, 11) is 0. The molecule has 1 fully saturated rings. The fraction of sp³-hybridized carbons (Fsp3) is 0.385. The van der Waals surface area contributed by atoms with E-state index in [1.807, 2.05) is 13.1 Å². The van der Waals surface area contributed by atoms with E-state index in [9.17, 15) is 5.11 Å². The van der Waals surface area contributed by atoms with Crippen LogP contribution in [-0.2, 0) is 5.41 Å². The zero-order valence-electron chi connectivity index (χ0n) is 8.83. The molecule has 0 bridgehead atoms. The first-order valence-electron chi connectivity index (χ1n) is 5.49. The SMILES string of the molecule is CC(O)C1(c2cccc3[nH]ccc23)CC1. The second-order valence-corrected chi connectivity index (χ2v) is 4.58. The third-order valence-electron chi connectivity index (χ3n) is 3.72. The summed E-state index contributed by atoms with van der Waals surface area (Å²) in [5.41, 5.74) is 2.50. The maximum absolute atomic E-state index is 9.88. The van der Waals surface area contributed by atoms with E-state index in [0.29, 0.717) is 0 Å². The molecule has 1 atom stereocenters. The van der Waals surface area contributed by atoms with Gasteiger partial charge in [-0.15, -0.1) is 0 Å². The highest BCUT2D eigenvalue weighted by Gasteiger charge is 2.49. The van der Waals surface area contributed by atoms with Gasteiger partial charge < -0.3 is 10.1 Å². The number of hydrogen-bond acceptors (Lipinski definition) is 1. The van der Waals surface area contributed by atoms with Crippen LogP contribution in [0, 0.1) is 0 Å². The Bertz CT molecular complexity index is 494. The van der Waals surface area contributed by atoms with Crippen molar-refractivity contribution in [2.45, 2.75) is 31.3 Å². The summed E-state index contributed by atoms with van der Waals surface area (Å²) in [6, 6.07) is 8.40. The van der Waals surface area contributed by atoms with Gasteiger partial charge in [-0.3, -0.25) is 0 Å². The molecule has 0 spiro atoms. The lowest BCUT2D eigenvalue weighted by Gasteiger charge is -2.19. The number of hydrogen-bond donors (Lipinski definition) is 2. The largest absolute Gasteiger partial charge is 0.392 e. The Hall–Kier alpha value is -1.28. The molecular weight excluding hydrogens is 186 g/mol. The molecule has 78 valence electrons. The number of fused-ring (bicyclic) bond motifs is 1. The maximum atomic E-state index is 9.88. The third-order valence-corrected chi connectivity index (χ3v) is 3.72. The van der Waals surface area contributed by atoms with Gasteiger partial charge >= 0.3 is 0 Å². The Labute approximate surface area is 88.9 Å². The van der Waals surface area contributed by atoms with Crippen LogP contribution in [0.5, 0.6) is 0 Å². The summed E-state index contributed by atoms with van der Waals surface area (Å²) in [6.07, 6.45) is 3.92. The molecule has 1 saturated carbocycles. The van der Waals surface area contributed by atoms with Gasteiger partial charge in [0.25, 0.3) is 0 Å². The Kier molecular flexibility index (Phi) is 1.71. The highest BCUT2D eigenvalue weighted by Crippen LogP contribution is 2.52. The number of benzene rings is 1. The summed E-state index contributed by atoms with van der Waals surface area (Å²) in [5, 5.41) is 11.1. The van der Waals surface area contributed by atoms with Crippen molar-refractivity contribution in [1.29, 1.82) is 0 Å². The van der Waals surface area contributed by atoms with E-state index in [1.54, 1.807) is 0 Å². The maximum Gasteiger partial charge on any atom is 0.0608 e. The highest BCUT2D eigenvalue weighted by molar-refractivity contribution is 5.84. The third kappa shape index (κ3) is 1.15. The summed E-state index contributed by atoms with van der Waals surface area (Å²) >= 11 is 0. The normalized spacial score (nSPS) is 20.4. The Morgan fingerprint density at radius 3 is 2.80 bits per heavy atom. The molecule has 1 aliphatic rings. The van der Waals surface area contributed by atoms with Gasteiger partial charge in [0, 0.05) is 22.5 Å². The van der Waals surface area contributed by atoms with Crippen LogP contribution < -0.4 is 0 Å². The fourth-order valence-electron chi connectivity index (χ4n) is 2.57. The first-order chi connectivity index (χ1) is 7.24. The van der Waals surface area contributed by atoms with Crippen molar-refractivity contribution in [2.24, 2.45) is 0 Å². The van der Waals surface area contributed by atoms with E-state index < -0.39 is 0 Å². The minimum absolute atomic E-state index is 0.0295. The summed E-state index contributed by atoms with van der Waals surface area (Å²) in [6.45, 7) is 1.90. The zero-order valence-corrected chi connectivity index (χ0v) is 8.83. The Balaban J connectivity index is 2.23. The lowest BCUT2D eigenvalue weighted by Crippen LogP contribution is -2.22. The van der Waals surface area contributed by atoms with Crippen LogP contribution in [0.1, 0.15) is 25.3 Å². The first kappa shape index (κ1) is 8.98. The van der Waals surface area contributed by atoms with Crippen molar-refractivity contribution in [2.75, 3.05) is 0 Å². The molecule has 1 heterocycles. The standard InChI is InChI=1S/C13H15NO/c1-9(15)13(6-7-13)11-3-2-4-12-10(11)5-8-14-12/h2-5,8-9,14-15H,6-7H2,1H3. The van der Waals surface area contributed by atoms with Gasteiger partial charge in [-0.05, 0) is 37.5 Å². The molecule has 2 N–H and O–H groups in total. The van der Waals surface area contributed by atoms with E-state index in [4.69, 9.17) is 0 Å². The first-order valence-corrected chi connectivity index (χ1v) is 5.49. The predicted molar refractivity (Wildman–Crippen MR) is 60.9 cm³/mol. The minimum atomic E-state index is -0.252. The van der Waals surface area contributed by atoms with Crippen molar-refractivity contribution in [1.82, 2.24) is 4.98 Å². The fourth-order valence-corrected chi connectivity index (χ4v) is 2.57. The average molecular weight is 201 g/mol. The molecule has 0 aliphatic heterocycles. The number of aliphatic hydroxyl groups excluding tert-OH is 1. The van der Waals surface area contributed by atoms with E-state index in [-0.39, 0.29) is 11.5 Å². The van der Waals surface area contributed by atoms with Gasteiger partial charge in [-0.25, -0.2) is 0 Å². The number of H-pyrrole nitrogens is 1. The number of aromatic amines is 1. The predicted octanol–water partition coefficient (Wildman–Crippen LogP) is 2.58. The van der Waals surface area contributed by atoms with Gasteiger partial charge in [0.15, 0.2) is 0 Å². The van der Waals surface area contributed by atoms with Crippen molar-refractivity contribution in [3.8, 4) is 0 Å². The van der Waals surface area contributed by atoms with Crippen LogP contribution in [0.3, 0.4) is 0 Å². The summed E-state index contributed by atoms with van der Waals surface area (Å²) in [4.78, 5) is 3.22. The van der Waals surface area contributed by atoms with Crippen LogP contribution in [0.25, 0.3) is 10.9 Å². The smallest absolute Gasteiger partial charge is 0.0608 e. The molecule has 2 aromatic rings. The molecule has 0 radical (unpaired) electrons. The van der Waals surface area contributed by atoms with Crippen LogP contribution in [0.2, 0.25) is 0 Å². The summed E-state index contributed by atoms with van der Waals surface area (Å²) in [5.74, 6) is 0.